The summed E-state index contributed by atoms with van der Waals surface area (Å²) in [5, 5.41) is 7.32. The Bertz CT molecular complexity index is 569. The Morgan fingerprint density at radius 2 is 1.81 bits per heavy atom. The lowest BCUT2D eigenvalue weighted by molar-refractivity contribution is 0.940. The molecule has 0 amide bonds. The lowest BCUT2D eigenvalue weighted by Crippen LogP contribution is -2.10. The molecule has 1 aromatic carbocycles. The molecule has 0 unspecified atom stereocenters. The van der Waals surface area contributed by atoms with Crippen molar-refractivity contribution in [3.8, 4) is 0 Å². The second-order valence-corrected chi connectivity index (χ2v) is 5.38. The number of aromatic nitrogens is 2. The SMILES string of the molecule is CCCNc1nc(C)cc(NCCc2ccc(Cl)cc2)n1. The third-order valence-corrected chi connectivity index (χ3v) is 3.27. The number of anilines is 2. The topological polar surface area (TPSA) is 49.8 Å². The zero-order valence-corrected chi connectivity index (χ0v) is 13.2. The Labute approximate surface area is 131 Å². The first kappa shape index (κ1) is 15.6. The molecule has 0 bridgehead atoms. The minimum absolute atomic E-state index is 0.686. The lowest BCUT2D eigenvalue weighted by atomic mass is 10.1. The predicted molar refractivity (Wildman–Crippen MR) is 89.2 cm³/mol. The van der Waals surface area contributed by atoms with Gasteiger partial charge in [0.1, 0.15) is 5.82 Å². The van der Waals surface area contributed by atoms with Gasteiger partial charge in [-0.05, 0) is 37.5 Å². The quantitative estimate of drug-likeness (QED) is 0.814. The van der Waals surface area contributed by atoms with Gasteiger partial charge in [0.05, 0.1) is 0 Å². The second kappa shape index (κ2) is 7.84. The molecule has 5 heteroatoms. The maximum absolute atomic E-state index is 5.88. The summed E-state index contributed by atoms with van der Waals surface area (Å²) in [5.74, 6) is 1.54. The maximum Gasteiger partial charge on any atom is 0.224 e. The molecule has 0 radical (unpaired) electrons. The van der Waals surface area contributed by atoms with Crippen LogP contribution in [0.1, 0.15) is 24.6 Å². The summed E-state index contributed by atoms with van der Waals surface area (Å²) < 4.78 is 0. The summed E-state index contributed by atoms with van der Waals surface area (Å²) >= 11 is 5.88. The van der Waals surface area contributed by atoms with Crippen LogP contribution in [-0.4, -0.2) is 23.1 Å². The number of hydrogen-bond donors (Lipinski definition) is 2. The largest absolute Gasteiger partial charge is 0.370 e. The van der Waals surface area contributed by atoms with Gasteiger partial charge < -0.3 is 10.6 Å². The average Bonchev–Trinajstić information content (AvgIpc) is 2.47. The first-order chi connectivity index (χ1) is 10.2. The van der Waals surface area contributed by atoms with E-state index in [9.17, 15) is 0 Å². The zero-order valence-electron chi connectivity index (χ0n) is 12.5. The molecule has 0 aliphatic carbocycles. The number of aryl methyl sites for hydroxylation is 1. The fourth-order valence-corrected chi connectivity index (χ4v) is 2.09. The average molecular weight is 305 g/mol. The monoisotopic (exact) mass is 304 g/mol. The van der Waals surface area contributed by atoms with Gasteiger partial charge in [-0.3, -0.25) is 0 Å². The molecule has 0 fully saturated rings. The molecule has 0 atom stereocenters. The highest BCUT2D eigenvalue weighted by molar-refractivity contribution is 6.30. The third-order valence-electron chi connectivity index (χ3n) is 3.02. The van der Waals surface area contributed by atoms with Crippen LogP contribution in [0, 0.1) is 6.92 Å². The summed E-state index contributed by atoms with van der Waals surface area (Å²) in [4.78, 5) is 8.83. The Kier molecular flexibility index (Phi) is 5.81. The van der Waals surface area contributed by atoms with Crippen molar-refractivity contribution >= 4 is 23.4 Å². The van der Waals surface area contributed by atoms with Crippen LogP contribution in [0.15, 0.2) is 30.3 Å². The molecule has 0 aliphatic rings. The van der Waals surface area contributed by atoms with Gasteiger partial charge in [0.25, 0.3) is 0 Å². The molecule has 2 N–H and O–H groups in total. The number of halogens is 1. The molecule has 1 heterocycles. The molecular weight excluding hydrogens is 284 g/mol. The fraction of sp³-hybridized carbons (Fsp3) is 0.375. The molecule has 21 heavy (non-hydrogen) atoms. The molecule has 112 valence electrons. The highest BCUT2D eigenvalue weighted by atomic mass is 35.5. The molecule has 2 aromatic rings. The molecule has 0 spiro atoms. The Morgan fingerprint density at radius 3 is 2.52 bits per heavy atom. The minimum Gasteiger partial charge on any atom is -0.370 e. The van der Waals surface area contributed by atoms with E-state index in [1.807, 2.05) is 37.3 Å². The highest BCUT2D eigenvalue weighted by Crippen LogP contribution is 2.12. The number of benzene rings is 1. The molecular formula is C16H21ClN4. The summed E-state index contributed by atoms with van der Waals surface area (Å²) in [6.07, 6.45) is 1.98. The van der Waals surface area contributed by atoms with E-state index in [0.29, 0.717) is 5.95 Å². The van der Waals surface area contributed by atoms with E-state index in [0.717, 1.165) is 42.5 Å². The molecule has 0 aliphatic heterocycles. The highest BCUT2D eigenvalue weighted by Gasteiger charge is 2.01. The van der Waals surface area contributed by atoms with Crippen LogP contribution in [0.3, 0.4) is 0 Å². The van der Waals surface area contributed by atoms with E-state index in [1.54, 1.807) is 0 Å². The van der Waals surface area contributed by atoms with Gasteiger partial charge in [-0.25, -0.2) is 4.98 Å². The Balaban J connectivity index is 1.90. The van der Waals surface area contributed by atoms with E-state index in [4.69, 9.17) is 11.6 Å². The number of rotatable bonds is 7. The minimum atomic E-state index is 0.686. The molecule has 4 nitrogen and oxygen atoms in total. The fourth-order valence-electron chi connectivity index (χ4n) is 1.96. The van der Waals surface area contributed by atoms with Crippen LogP contribution < -0.4 is 10.6 Å². The summed E-state index contributed by atoms with van der Waals surface area (Å²) in [7, 11) is 0. The van der Waals surface area contributed by atoms with Gasteiger partial charge in [0, 0.05) is 29.9 Å². The second-order valence-electron chi connectivity index (χ2n) is 4.95. The van der Waals surface area contributed by atoms with Crippen molar-refractivity contribution in [1.82, 2.24) is 9.97 Å². The molecule has 2 rings (SSSR count). The first-order valence-electron chi connectivity index (χ1n) is 7.25. The smallest absolute Gasteiger partial charge is 0.224 e. The van der Waals surface area contributed by atoms with E-state index < -0.39 is 0 Å². The van der Waals surface area contributed by atoms with Gasteiger partial charge in [0.15, 0.2) is 0 Å². The Hall–Kier alpha value is -1.81. The van der Waals surface area contributed by atoms with Crippen molar-refractivity contribution in [3.05, 3.63) is 46.6 Å². The number of nitrogens with one attached hydrogen (secondary N) is 2. The van der Waals surface area contributed by atoms with Crippen molar-refractivity contribution < 1.29 is 0 Å². The predicted octanol–water partition coefficient (Wildman–Crippen LogP) is 3.91. The van der Waals surface area contributed by atoms with Crippen LogP contribution in [-0.2, 0) is 6.42 Å². The van der Waals surface area contributed by atoms with Crippen LogP contribution in [0.2, 0.25) is 5.02 Å². The molecule has 1 aromatic heterocycles. The van der Waals surface area contributed by atoms with Crippen molar-refractivity contribution in [2.75, 3.05) is 23.7 Å². The van der Waals surface area contributed by atoms with Crippen LogP contribution in [0.4, 0.5) is 11.8 Å². The van der Waals surface area contributed by atoms with Gasteiger partial charge in [-0.2, -0.15) is 4.98 Å². The standard InChI is InChI=1S/C16H21ClN4/c1-3-9-19-16-20-12(2)11-15(21-16)18-10-8-13-4-6-14(17)7-5-13/h4-7,11H,3,8-10H2,1-2H3,(H2,18,19,20,21). The van der Waals surface area contributed by atoms with E-state index in [2.05, 4.69) is 27.5 Å². The first-order valence-corrected chi connectivity index (χ1v) is 7.63. The number of hydrogen-bond acceptors (Lipinski definition) is 4. The normalized spacial score (nSPS) is 10.4. The number of nitrogens with zero attached hydrogens (tertiary/aromatic N) is 2. The van der Waals surface area contributed by atoms with Crippen molar-refractivity contribution in [2.45, 2.75) is 26.7 Å². The van der Waals surface area contributed by atoms with Gasteiger partial charge in [0.2, 0.25) is 5.95 Å². The summed E-state index contributed by atoms with van der Waals surface area (Å²) in [5.41, 5.74) is 2.21. The van der Waals surface area contributed by atoms with E-state index in [1.165, 1.54) is 5.56 Å². The van der Waals surface area contributed by atoms with Crippen molar-refractivity contribution in [3.63, 3.8) is 0 Å². The van der Waals surface area contributed by atoms with Gasteiger partial charge in [-0.1, -0.05) is 30.7 Å². The van der Waals surface area contributed by atoms with Crippen LogP contribution >= 0.6 is 11.6 Å². The van der Waals surface area contributed by atoms with Gasteiger partial charge >= 0.3 is 0 Å². The van der Waals surface area contributed by atoms with Gasteiger partial charge in [-0.15, -0.1) is 0 Å². The van der Waals surface area contributed by atoms with E-state index in [-0.39, 0.29) is 0 Å². The maximum atomic E-state index is 5.88. The van der Waals surface area contributed by atoms with Crippen molar-refractivity contribution in [2.24, 2.45) is 0 Å². The third kappa shape index (κ3) is 5.23. The van der Waals surface area contributed by atoms with E-state index >= 15 is 0 Å². The zero-order chi connectivity index (χ0) is 15.1. The lowest BCUT2D eigenvalue weighted by Gasteiger charge is -2.09. The summed E-state index contributed by atoms with van der Waals surface area (Å²) in [6, 6.07) is 9.88. The Morgan fingerprint density at radius 1 is 1.05 bits per heavy atom. The van der Waals surface area contributed by atoms with Crippen molar-refractivity contribution in [1.29, 1.82) is 0 Å². The van der Waals surface area contributed by atoms with Crippen LogP contribution in [0.5, 0.6) is 0 Å². The van der Waals surface area contributed by atoms with Crippen LogP contribution in [0.25, 0.3) is 0 Å². The molecule has 0 saturated heterocycles. The summed E-state index contributed by atoms with van der Waals surface area (Å²) in [6.45, 7) is 5.80. The molecule has 0 saturated carbocycles.